The maximum absolute atomic E-state index is 2.37. The lowest BCUT2D eigenvalue weighted by atomic mass is 9.84. The standard InChI is InChI=1S/C8H16.3C2H6/c1-7-3-5-8(2)6-4-7;3*1-2/h7-8H,3-6H2,1-2H3;3*1-2H3. The van der Waals surface area contributed by atoms with E-state index in [9.17, 15) is 0 Å². The third-order valence-electron chi connectivity index (χ3n) is 2.30. The smallest absolute Gasteiger partial charge is 0.0443 e. The molecule has 0 saturated heterocycles. The zero-order chi connectivity index (χ0) is 12.0. The van der Waals surface area contributed by atoms with Crippen LogP contribution < -0.4 is 0 Å². The van der Waals surface area contributed by atoms with Crippen LogP contribution in [-0.2, 0) is 0 Å². The van der Waals surface area contributed by atoms with E-state index in [-0.39, 0.29) is 0 Å². The minimum absolute atomic E-state index is 1.02. The highest BCUT2D eigenvalue weighted by Crippen LogP contribution is 2.27. The molecule has 1 fully saturated rings. The van der Waals surface area contributed by atoms with E-state index in [1.165, 1.54) is 25.7 Å². The highest BCUT2D eigenvalue weighted by Gasteiger charge is 2.13. The van der Waals surface area contributed by atoms with Crippen LogP contribution in [0.4, 0.5) is 0 Å². The van der Waals surface area contributed by atoms with Gasteiger partial charge in [0.25, 0.3) is 0 Å². The molecular weight excluding hydrogens is 168 g/mol. The van der Waals surface area contributed by atoms with E-state index in [0.717, 1.165) is 11.8 Å². The van der Waals surface area contributed by atoms with Crippen molar-refractivity contribution in [2.24, 2.45) is 11.8 Å². The second-order valence-electron chi connectivity index (χ2n) is 3.37. The van der Waals surface area contributed by atoms with Gasteiger partial charge in [0, 0.05) is 0 Å². The molecule has 0 aromatic heterocycles. The molecular formula is C14H34. The number of rotatable bonds is 0. The Bertz CT molecular complexity index is 48.4. The van der Waals surface area contributed by atoms with Crippen LogP contribution in [0.5, 0.6) is 0 Å². The van der Waals surface area contributed by atoms with Crippen LogP contribution in [0.15, 0.2) is 0 Å². The van der Waals surface area contributed by atoms with Crippen LogP contribution in [0.2, 0.25) is 0 Å². The van der Waals surface area contributed by atoms with E-state index in [4.69, 9.17) is 0 Å². The van der Waals surface area contributed by atoms with Gasteiger partial charge in [-0.25, -0.2) is 0 Å². The first-order valence-corrected chi connectivity index (χ1v) is 6.79. The van der Waals surface area contributed by atoms with Gasteiger partial charge >= 0.3 is 0 Å². The summed E-state index contributed by atoms with van der Waals surface area (Å²) in [5.41, 5.74) is 0. The summed E-state index contributed by atoms with van der Waals surface area (Å²) in [6.45, 7) is 16.7. The van der Waals surface area contributed by atoms with E-state index in [0.29, 0.717) is 0 Å². The summed E-state index contributed by atoms with van der Waals surface area (Å²) in [5, 5.41) is 0. The Labute approximate surface area is 93.5 Å². The van der Waals surface area contributed by atoms with Crippen molar-refractivity contribution in [3.05, 3.63) is 0 Å². The molecule has 0 spiro atoms. The lowest BCUT2D eigenvalue weighted by molar-refractivity contribution is 0.308. The van der Waals surface area contributed by atoms with Gasteiger partial charge in [-0.15, -0.1) is 0 Å². The average Bonchev–Trinajstić information content (AvgIpc) is 2.31. The Balaban J connectivity index is -0.000000174. The van der Waals surface area contributed by atoms with E-state index in [1.807, 2.05) is 41.5 Å². The minimum Gasteiger partial charge on any atom is -0.0683 e. The normalized spacial score (nSPS) is 24.0. The van der Waals surface area contributed by atoms with Crippen molar-refractivity contribution < 1.29 is 0 Å². The molecule has 1 aliphatic rings. The summed E-state index contributed by atoms with van der Waals surface area (Å²) >= 11 is 0. The number of hydrogen-bond acceptors (Lipinski definition) is 0. The van der Waals surface area contributed by atoms with Crippen LogP contribution >= 0.6 is 0 Å². The van der Waals surface area contributed by atoms with Crippen LogP contribution in [0.3, 0.4) is 0 Å². The minimum atomic E-state index is 1.02. The zero-order valence-corrected chi connectivity index (χ0v) is 12.0. The van der Waals surface area contributed by atoms with Crippen molar-refractivity contribution in [3.63, 3.8) is 0 Å². The fraction of sp³-hybridized carbons (Fsp3) is 1.00. The Morgan fingerprint density at radius 3 is 0.786 bits per heavy atom. The molecule has 0 heteroatoms. The molecule has 1 rings (SSSR count). The van der Waals surface area contributed by atoms with Gasteiger partial charge < -0.3 is 0 Å². The maximum Gasteiger partial charge on any atom is -0.0443 e. The zero-order valence-electron chi connectivity index (χ0n) is 12.0. The molecule has 0 bridgehead atoms. The predicted molar refractivity (Wildman–Crippen MR) is 70.8 cm³/mol. The first kappa shape index (κ1) is 19.6. The Hall–Kier alpha value is 0. The van der Waals surface area contributed by atoms with E-state index >= 15 is 0 Å². The molecule has 0 aliphatic heterocycles. The van der Waals surface area contributed by atoms with Crippen molar-refractivity contribution in [1.82, 2.24) is 0 Å². The monoisotopic (exact) mass is 202 g/mol. The summed E-state index contributed by atoms with van der Waals surface area (Å²) in [7, 11) is 0. The van der Waals surface area contributed by atoms with Gasteiger partial charge in [0.05, 0.1) is 0 Å². The molecule has 0 aromatic rings. The van der Waals surface area contributed by atoms with Crippen molar-refractivity contribution in [2.75, 3.05) is 0 Å². The second-order valence-corrected chi connectivity index (χ2v) is 3.37. The number of hydrogen-bond donors (Lipinski definition) is 0. The molecule has 0 unspecified atom stereocenters. The maximum atomic E-state index is 2.37. The van der Waals surface area contributed by atoms with E-state index < -0.39 is 0 Å². The molecule has 0 heterocycles. The average molecular weight is 202 g/mol. The molecule has 0 aromatic carbocycles. The highest BCUT2D eigenvalue weighted by molar-refractivity contribution is 4.65. The van der Waals surface area contributed by atoms with Gasteiger partial charge in [-0.1, -0.05) is 81.1 Å². The van der Waals surface area contributed by atoms with Gasteiger partial charge in [-0.2, -0.15) is 0 Å². The van der Waals surface area contributed by atoms with Gasteiger partial charge in [0.15, 0.2) is 0 Å². The summed E-state index contributed by atoms with van der Waals surface area (Å²) in [4.78, 5) is 0. The Morgan fingerprint density at radius 1 is 0.500 bits per heavy atom. The second kappa shape index (κ2) is 18.7. The fourth-order valence-corrected chi connectivity index (χ4v) is 1.43. The van der Waals surface area contributed by atoms with Gasteiger partial charge in [0.2, 0.25) is 0 Å². The van der Waals surface area contributed by atoms with E-state index in [2.05, 4.69) is 13.8 Å². The molecule has 1 aliphatic carbocycles. The molecule has 0 nitrogen and oxygen atoms in total. The topological polar surface area (TPSA) is 0 Å². The van der Waals surface area contributed by atoms with Crippen LogP contribution in [0.25, 0.3) is 0 Å². The quantitative estimate of drug-likeness (QED) is 0.458. The fourth-order valence-electron chi connectivity index (χ4n) is 1.43. The third-order valence-corrected chi connectivity index (χ3v) is 2.30. The van der Waals surface area contributed by atoms with Crippen LogP contribution in [-0.4, -0.2) is 0 Å². The molecule has 0 radical (unpaired) electrons. The summed E-state index contributed by atoms with van der Waals surface area (Å²) in [5.74, 6) is 2.04. The van der Waals surface area contributed by atoms with Gasteiger partial charge in [-0.05, 0) is 11.8 Å². The molecule has 14 heavy (non-hydrogen) atoms. The lowest BCUT2D eigenvalue weighted by Crippen LogP contribution is -2.08. The van der Waals surface area contributed by atoms with Crippen molar-refractivity contribution in [3.8, 4) is 0 Å². The van der Waals surface area contributed by atoms with Crippen LogP contribution in [0.1, 0.15) is 81.1 Å². The van der Waals surface area contributed by atoms with Crippen LogP contribution in [0, 0.1) is 11.8 Å². The Kier molecular flexibility index (Phi) is 26.1. The van der Waals surface area contributed by atoms with Gasteiger partial charge in [0.1, 0.15) is 0 Å². The SMILES string of the molecule is CC.CC.CC.CC1CCC(C)CC1. The summed E-state index contributed by atoms with van der Waals surface area (Å²) < 4.78 is 0. The predicted octanol–water partition coefficient (Wildman–Crippen LogP) is 5.91. The first-order valence-electron chi connectivity index (χ1n) is 6.79. The molecule has 90 valence electrons. The lowest BCUT2D eigenvalue weighted by Gasteiger charge is -2.22. The first-order chi connectivity index (χ1) is 6.79. The van der Waals surface area contributed by atoms with Crippen molar-refractivity contribution in [1.29, 1.82) is 0 Å². The molecule has 1 saturated carbocycles. The molecule has 0 atom stereocenters. The molecule has 0 amide bonds. The molecule has 0 N–H and O–H groups in total. The summed E-state index contributed by atoms with van der Waals surface area (Å²) in [6.07, 6.45) is 5.89. The highest BCUT2D eigenvalue weighted by atomic mass is 14.2. The Morgan fingerprint density at radius 2 is 0.643 bits per heavy atom. The van der Waals surface area contributed by atoms with Crippen molar-refractivity contribution in [2.45, 2.75) is 81.1 Å². The van der Waals surface area contributed by atoms with E-state index in [1.54, 1.807) is 0 Å². The van der Waals surface area contributed by atoms with Gasteiger partial charge in [-0.3, -0.25) is 0 Å². The summed E-state index contributed by atoms with van der Waals surface area (Å²) in [6, 6.07) is 0. The third kappa shape index (κ3) is 14.5. The largest absolute Gasteiger partial charge is 0.0683 e. The van der Waals surface area contributed by atoms with Crippen molar-refractivity contribution >= 4 is 0 Å².